The second kappa shape index (κ2) is 11.1. The number of hydrogen-bond acceptors (Lipinski definition) is 1. The predicted molar refractivity (Wildman–Crippen MR) is 208 cm³/mol. The predicted octanol–water partition coefficient (Wildman–Crippen LogP) is 13.7. The van der Waals surface area contributed by atoms with Gasteiger partial charge in [-0.15, -0.1) is 0 Å². The first-order valence-electron chi connectivity index (χ1n) is 29.4. The van der Waals surface area contributed by atoms with Crippen LogP contribution in [0.1, 0.15) is 41.1 Å². The van der Waals surface area contributed by atoms with E-state index in [-0.39, 0.29) is 0 Å². The van der Waals surface area contributed by atoms with E-state index >= 15 is 0 Å². The largest absolute Gasteiger partial charge is 0.456 e. The third kappa shape index (κ3) is 4.40. The second-order valence-electron chi connectivity index (χ2n) is 10.5. The third-order valence-electron chi connectivity index (χ3n) is 7.89. The van der Waals surface area contributed by atoms with Gasteiger partial charge in [-0.3, -0.25) is 0 Å². The normalized spacial score (nSPS) is 20.2. The highest BCUT2D eigenvalue weighted by Crippen LogP contribution is 2.48. The Morgan fingerprint density at radius 2 is 0.816 bits per heavy atom. The Morgan fingerprint density at radius 3 is 1.49 bits per heavy atom. The van der Waals surface area contributed by atoms with E-state index in [4.69, 9.17) is 27.7 Å². The average molecular weight is 653 g/mol. The maximum atomic E-state index is 9.62. The molecule has 0 aliphatic heterocycles. The summed E-state index contributed by atoms with van der Waals surface area (Å²) in [6.45, 7) is 0. The Hall–Kier alpha value is -6.44. The Balaban J connectivity index is 1.52. The maximum absolute atomic E-state index is 9.62. The average Bonchev–Trinajstić information content (AvgIpc) is 3.85. The number of furan rings is 1. The van der Waals surface area contributed by atoms with Gasteiger partial charge >= 0.3 is 0 Å². The van der Waals surface area contributed by atoms with Gasteiger partial charge in [-0.25, -0.2) is 0 Å². The van der Waals surface area contributed by atoms with Crippen molar-refractivity contribution in [3.63, 3.8) is 0 Å². The quantitative estimate of drug-likeness (QED) is 0.172. The first-order chi connectivity index (χ1) is 36.8. The molecule has 0 aliphatic rings. The van der Waals surface area contributed by atoms with Crippen LogP contribution in [0, 0.1) is 0 Å². The van der Waals surface area contributed by atoms with Crippen LogP contribution in [0.5, 0.6) is 0 Å². The standard InChI is InChI=1S/C48H30O/c1-2-13-31(14-3-1)32-25-27-33(28-26-32)36-17-6-7-18-37(36)46-38-19-8-10-21-40(38)47(41-22-11-9-20-39(41)46)42-23-12-24-44-48(42)43-29-34-15-4-5-16-35(34)30-45(43)49-44/h1-30H/i1D,2D,3D,4D,5D,6D,7D,8D,9D,10D,11D,12D,13D,14D,15D,16D,17D,18D,19D,20D,21D,22D,23D,24D,25D,26D,27D,28D,29D,30D. The van der Waals surface area contributed by atoms with Crippen LogP contribution in [0.2, 0.25) is 0 Å². The van der Waals surface area contributed by atoms with Crippen molar-refractivity contribution in [3.8, 4) is 44.5 Å². The van der Waals surface area contributed by atoms with Crippen LogP contribution in [0.4, 0.5) is 0 Å². The van der Waals surface area contributed by atoms with Crippen LogP contribution in [0.3, 0.4) is 0 Å². The highest BCUT2D eigenvalue weighted by Gasteiger charge is 2.21. The van der Waals surface area contributed by atoms with Crippen molar-refractivity contribution in [2.24, 2.45) is 0 Å². The number of fused-ring (bicyclic) bond motifs is 6. The molecule has 0 atom stereocenters. The Labute approximate surface area is 326 Å². The molecule has 1 nitrogen and oxygen atoms in total. The van der Waals surface area contributed by atoms with Gasteiger partial charge in [-0.05, 0) is 95.0 Å². The van der Waals surface area contributed by atoms with Gasteiger partial charge in [0, 0.05) is 10.8 Å². The van der Waals surface area contributed by atoms with Crippen molar-refractivity contribution < 1.29 is 45.5 Å². The molecule has 0 fully saturated rings. The summed E-state index contributed by atoms with van der Waals surface area (Å²) in [5.41, 5.74) is -8.16. The molecule has 10 rings (SSSR count). The Bertz CT molecular complexity index is 4460. The molecule has 0 radical (unpaired) electrons. The Morgan fingerprint density at radius 1 is 0.327 bits per heavy atom. The molecule has 9 aromatic carbocycles. The molecular formula is C48H30O. The van der Waals surface area contributed by atoms with Crippen molar-refractivity contribution in [1.29, 1.82) is 0 Å². The zero-order valence-corrected chi connectivity index (χ0v) is 24.4. The van der Waals surface area contributed by atoms with Gasteiger partial charge in [-0.1, -0.05) is 163 Å². The molecule has 0 bridgehead atoms. The molecule has 0 spiro atoms. The van der Waals surface area contributed by atoms with Crippen LogP contribution >= 0.6 is 0 Å². The van der Waals surface area contributed by atoms with E-state index in [0.717, 1.165) is 0 Å². The summed E-state index contributed by atoms with van der Waals surface area (Å²) in [5.74, 6) is 0. The smallest absolute Gasteiger partial charge is 0.136 e. The second-order valence-corrected chi connectivity index (χ2v) is 10.5. The summed E-state index contributed by atoms with van der Waals surface area (Å²) in [5, 5.41) is -5.49. The van der Waals surface area contributed by atoms with Crippen LogP contribution in [0.15, 0.2) is 186 Å². The molecule has 0 unspecified atom stereocenters. The minimum atomic E-state index is -1.15. The van der Waals surface area contributed by atoms with Gasteiger partial charge in [-0.2, -0.15) is 0 Å². The van der Waals surface area contributed by atoms with Gasteiger partial charge in [0.2, 0.25) is 0 Å². The number of hydrogen-bond donors (Lipinski definition) is 0. The lowest BCUT2D eigenvalue weighted by Gasteiger charge is -2.20. The lowest BCUT2D eigenvalue weighted by atomic mass is 9.83. The van der Waals surface area contributed by atoms with Gasteiger partial charge in [0.25, 0.3) is 0 Å². The van der Waals surface area contributed by atoms with Crippen molar-refractivity contribution in [2.45, 2.75) is 0 Å². The molecule has 228 valence electrons. The van der Waals surface area contributed by atoms with Gasteiger partial charge in [0.15, 0.2) is 0 Å². The van der Waals surface area contributed by atoms with Crippen molar-refractivity contribution >= 4 is 54.3 Å². The summed E-state index contributed by atoms with van der Waals surface area (Å²) < 4.78 is 277. The summed E-state index contributed by atoms with van der Waals surface area (Å²) in [4.78, 5) is 0. The monoisotopic (exact) mass is 652 g/mol. The molecule has 0 N–H and O–H groups in total. The summed E-state index contributed by atoms with van der Waals surface area (Å²) in [7, 11) is 0. The minimum Gasteiger partial charge on any atom is -0.456 e. The van der Waals surface area contributed by atoms with Gasteiger partial charge in [0.05, 0.1) is 41.1 Å². The van der Waals surface area contributed by atoms with Crippen molar-refractivity contribution in [2.75, 3.05) is 0 Å². The van der Waals surface area contributed by atoms with Crippen LogP contribution in [-0.2, 0) is 0 Å². The van der Waals surface area contributed by atoms with Gasteiger partial charge in [0.1, 0.15) is 11.2 Å². The molecular weight excluding hydrogens is 593 g/mol. The highest BCUT2D eigenvalue weighted by atomic mass is 16.3. The zero-order chi connectivity index (χ0) is 58.4. The fourth-order valence-corrected chi connectivity index (χ4v) is 5.85. The van der Waals surface area contributed by atoms with E-state index in [1.165, 1.54) is 0 Å². The lowest BCUT2D eigenvalue weighted by molar-refractivity contribution is 0.669. The van der Waals surface area contributed by atoms with E-state index in [2.05, 4.69) is 0 Å². The zero-order valence-electron chi connectivity index (χ0n) is 54.4. The third-order valence-corrected chi connectivity index (χ3v) is 7.89. The molecule has 0 amide bonds. The summed E-state index contributed by atoms with van der Waals surface area (Å²) >= 11 is 0. The van der Waals surface area contributed by atoms with E-state index in [9.17, 15) is 17.8 Å². The minimum absolute atomic E-state index is 0.509. The number of benzene rings is 9. The molecule has 1 heterocycles. The fraction of sp³-hybridized carbons (Fsp3) is 0. The van der Waals surface area contributed by atoms with E-state index in [0.29, 0.717) is 0 Å². The molecule has 0 saturated heterocycles. The van der Waals surface area contributed by atoms with E-state index < -0.39 is 280 Å². The maximum Gasteiger partial charge on any atom is 0.136 e. The number of rotatable bonds is 4. The molecule has 0 saturated carbocycles. The van der Waals surface area contributed by atoms with Crippen molar-refractivity contribution in [3.05, 3.63) is 181 Å². The first-order valence-corrected chi connectivity index (χ1v) is 14.4. The topological polar surface area (TPSA) is 13.1 Å². The van der Waals surface area contributed by atoms with Crippen LogP contribution in [-0.4, -0.2) is 0 Å². The first kappa shape index (κ1) is 11.1. The molecule has 1 aromatic heterocycles. The lowest BCUT2D eigenvalue weighted by Crippen LogP contribution is -1.93. The van der Waals surface area contributed by atoms with Crippen LogP contribution in [0.25, 0.3) is 98.8 Å². The van der Waals surface area contributed by atoms with E-state index in [1.807, 2.05) is 0 Å². The van der Waals surface area contributed by atoms with Crippen molar-refractivity contribution in [1.82, 2.24) is 0 Å². The molecule has 1 heteroatoms. The van der Waals surface area contributed by atoms with Gasteiger partial charge < -0.3 is 4.42 Å². The fourth-order valence-electron chi connectivity index (χ4n) is 5.85. The van der Waals surface area contributed by atoms with E-state index in [1.54, 1.807) is 0 Å². The highest BCUT2D eigenvalue weighted by molar-refractivity contribution is 6.26. The molecule has 0 aliphatic carbocycles. The molecule has 10 aromatic rings. The summed E-state index contributed by atoms with van der Waals surface area (Å²) in [6.07, 6.45) is 0. The molecule has 49 heavy (non-hydrogen) atoms. The summed E-state index contributed by atoms with van der Waals surface area (Å²) in [6, 6.07) is -29.7. The van der Waals surface area contributed by atoms with Crippen LogP contribution < -0.4 is 0 Å². The SMILES string of the molecule is [2H]c1c([2H])c([2H])c(-c2c([2H])c([2H])c(-c3c([2H])c([2H])c([2H])c([2H])c3-c3c4c([2H])c([2H])c([2H])c([2H])c4c(-c4c([2H])c([2H])c([2H])c5oc6c([2H])c7c([2H])c([2H])c([2H])c([2H])c7c([2H])c6c45)c4c([2H])c([2H])c([2H])c([2H])c34)c([2H])c2[2H])c([2H])c1[2H]. The Kier molecular flexibility index (Phi) is 2.50.